The summed E-state index contributed by atoms with van der Waals surface area (Å²) in [6, 6.07) is 11.4. The molecule has 2 aromatic rings. The van der Waals surface area contributed by atoms with Gasteiger partial charge in [0, 0.05) is 0 Å². The lowest BCUT2D eigenvalue weighted by Gasteiger charge is -2.10. The van der Waals surface area contributed by atoms with Crippen LogP contribution in [0.1, 0.15) is 22.7 Å². The molecule has 1 heterocycles. The van der Waals surface area contributed by atoms with Gasteiger partial charge in [0.1, 0.15) is 0 Å². The second kappa shape index (κ2) is 5.66. The van der Waals surface area contributed by atoms with Gasteiger partial charge in [0.2, 0.25) is 0 Å². The van der Waals surface area contributed by atoms with Crippen LogP contribution in [0.15, 0.2) is 41.1 Å². The fraction of sp³-hybridized carbons (Fsp3) is 0.0833. The highest BCUT2D eigenvalue weighted by Crippen LogP contribution is 2.22. The minimum absolute atomic E-state index is 0. The Kier molecular flexibility index (Phi) is 4.51. The van der Waals surface area contributed by atoms with Crippen LogP contribution in [0.25, 0.3) is 0 Å². The summed E-state index contributed by atoms with van der Waals surface area (Å²) in [5.74, 6) is 0. The lowest BCUT2D eigenvalue weighted by molar-refractivity contribution is 0.876. The second-order valence-electron chi connectivity index (χ2n) is 3.27. The first-order valence-corrected chi connectivity index (χ1v) is 5.53. The molecule has 0 aliphatic carbocycles. The van der Waals surface area contributed by atoms with E-state index in [1.165, 1.54) is 0 Å². The summed E-state index contributed by atoms with van der Waals surface area (Å²) in [6.45, 7) is 0. The molecule has 0 aliphatic heterocycles. The van der Waals surface area contributed by atoms with Crippen molar-refractivity contribution in [2.24, 2.45) is 5.73 Å². The van der Waals surface area contributed by atoms with Crippen molar-refractivity contribution in [2.75, 3.05) is 0 Å². The average Bonchev–Trinajstić information content (AvgIpc) is 2.81. The topological polar surface area (TPSA) is 49.8 Å². The van der Waals surface area contributed by atoms with Crippen LogP contribution in [0.5, 0.6) is 0 Å². The molecule has 1 atom stereocenters. The molecular formula is C12H11ClN2S. The molecule has 2 rings (SSSR count). The summed E-state index contributed by atoms with van der Waals surface area (Å²) in [5.41, 5.74) is 8.80. The first kappa shape index (κ1) is 12.7. The number of hydrogen-bond acceptors (Lipinski definition) is 3. The Labute approximate surface area is 105 Å². The Balaban J connectivity index is 0.00000128. The second-order valence-corrected chi connectivity index (χ2v) is 4.05. The third-order valence-corrected chi connectivity index (χ3v) is 2.98. The molecule has 0 bridgehead atoms. The van der Waals surface area contributed by atoms with Gasteiger partial charge in [-0.3, -0.25) is 0 Å². The quantitative estimate of drug-likeness (QED) is 0.891. The van der Waals surface area contributed by atoms with E-state index in [0.29, 0.717) is 5.56 Å². The van der Waals surface area contributed by atoms with Gasteiger partial charge in [-0.15, -0.1) is 12.4 Å². The Morgan fingerprint density at radius 2 is 2.06 bits per heavy atom. The van der Waals surface area contributed by atoms with Crippen molar-refractivity contribution in [3.63, 3.8) is 0 Å². The number of rotatable bonds is 2. The standard InChI is InChI=1S/C12H10N2S.ClH/c13-7-9-2-1-3-10(6-9)12(14)11-4-5-15-8-11;/h1-6,8,12H,14H2;1H/t12-;/m1./s1. The van der Waals surface area contributed by atoms with Crippen LogP contribution in [-0.2, 0) is 0 Å². The average molecular weight is 251 g/mol. The summed E-state index contributed by atoms with van der Waals surface area (Å²) in [5, 5.41) is 12.8. The lowest BCUT2D eigenvalue weighted by atomic mass is 10.0. The van der Waals surface area contributed by atoms with Gasteiger partial charge in [-0.05, 0) is 40.1 Å². The number of nitriles is 1. The monoisotopic (exact) mass is 250 g/mol. The Bertz CT molecular complexity index is 488. The zero-order valence-corrected chi connectivity index (χ0v) is 10.1. The van der Waals surface area contributed by atoms with E-state index in [-0.39, 0.29) is 18.4 Å². The molecule has 0 radical (unpaired) electrons. The number of hydrogen-bond donors (Lipinski definition) is 1. The summed E-state index contributed by atoms with van der Waals surface area (Å²) in [4.78, 5) is 0. The van der Waals surface area contributed by atoms with Gasteiger partial charge in [0.05, 0.1) is 17.7 Å². The molecule has 0 saturated carbocycles. The van der Waals surface area contributed by atoms with E-state index >= 15 is 0 Å². The molecule has 0 saturated heterocycles. The van der Waals surface area contributed by atoms with Gasteiger partial charge in [-0.2, -0.15) is 16.6 Å². The minimum Gasteiger partial charge on any atom is -0.320 e. The van der Waals surface area contributed by atoms with E-state index in [2.05, 4.69) is 6.07 Å². The largest absolute Gasteiger partial charge is 0.320 e. The molecule has 0 aliphatic rings. The molecule has 0 amide bonds. The van der Waals surface area contributed by atoms with Crippen molar-refractivity contribution in [3.05, 3.63) is 57.8 Å². The van der Waals surface area contributed by atoms with Crippen LogP contribution in [0.4, 0.5) is 0 Å². The first-order chi connectivity index (χ1) is 7.31. The maximum absolute atomic E-state index is 8.79. The molecule has 0 spiro atoms. The zero-order chi connectivity index (χ0) is 10.7. The van der Waals surface area contributed by atoms with Gasteiger partial charge in [-0.25, -0.2) is 0 Å². The summed E-state index contributed by atoms with van der Waals surface area (Å²) >= 11 is 1.63. The number of halogens is 1. The molecule has 2 nitrogen and oxygen atoms in total. The molecule has 2 N–H and O–H groups in total. The Morgan fingerprint density at radius 1 is 1.25 bits per heavy atom. The van der Waals surface area contributed by atoms with Gasteiger partial charge >= 0.3 is 0 Å². The van der Waals surface area contributed by atoms with Crippen molar-refractivity contribution >= 4 is 23.7 Å². The van der Waals surface area contributed by atoms with Gasteiger partial charge < -0.3 is 5.73 Å². The van der Waals surface area contributed by atoms with E-state index in [9.17, 15) is 0 Å². The van der Waals surface area contributed by atoms with Crippen molar-refractivity contribution in [1.82, 2.24) is 0 Å². The van der Waals surface area contributed by atoms with Crippen LogP contribution >= 0.6 is 23.7 Å². The predicted octanol–water partition coefficient (Wildman–Crippen LogP) is 3.09. The lowest BCUT2D eigenvalue weighted by Crippen LogP contribution is -2.10. The molecule has 16 heavy (non-hydrogen) atoms. The van der Waals surface area contributed by atoms with Gasteiger partial charge in [-0.1, -0.05) is 12.1 Å². The molecule has 0 unspecified atom stereocenters. The number of benzene rings is 1. The fourth-order valence-electron chi connectivity index (χ4n) is 1.45. The normalized spacial score (nSPS) is 11.2. The van der Waals surface area contributed by atoms with Crippen LogP contribution in [-0.4, -0.2) is 0 Å². The maximum atomic E-state index is 8.79. The van der Waals surface area contributed by atoms with Crippen molar-refractivity contribution in [1.29, 1.82) is 5.26 Å². The zero-order valence-electron chi connectivity index (χ0n) is 8.46. The molecule has 1 aromatic heterocycles. The van der Waals surface area contributed by atoms with Crippen LogP contribution in [0.2, 0.25) is 0 Å². The van der Waals surface area contributed by atoms with E-state index in [1.54, 1.807) is 17.4 Å². The fourth-order valence-corrected chi connectivity index (χ4v) is 2.14. The van der Waals surface area contributed by atoms with Crippen LogP contribution in [0.3, 0.4) is 0 Å². The third kappa shape index (κ3) is 2.61. The summed E-state index contributed by atoms with van der Waals surface area (Å²) in [7, 11) is 0. The van der Waals surface area contributed by atoms with Crippen LogP contribution < -0.4 is 5.73 Å². The van der Waals surface area contributed by atoms with E-state index < -0.39 is 0 Å². The first-order valence-electron chi connectivity index (χ1n) is 4.59. The molecule has 1 aromatic carbocycles. The molecule has 82 valence electrons. The highest BCUT2D eigenvalue weighted by molar-refractivity contribution is 7.08. The van der Waals surface area contributed by atoms with Crippen molar-refractivity contribution in [3.8, 4) is 6.07 Å². The Hall–Kier alpha value is -1.34. The van der Waals surface area contributed by atoms with E-state index in [4.69, 9.17) is 11.0 Å². The van der Waals surface area contributed by atoms with E-state index in [1.807, 2.05) is 35.0 Å². The number of nitrogens with zero attached hydrogens (tertiary/aromatic N) is 1. The third-order valence-electron chi connectivity index (χ3n) is 2.28. The highest BCUT2D eigenvalue weighted by Gasteiger charge is 2.09. The van der Waals surface area contributed by atoms with Crippen molar-refractivity contribution < 1.29 is 0 Å². The number of thiophene rings is 1. The smallest absolute Gasteiger partial charge is 0.0991 e. The summed E-state index contributed by atoms with van der Waals surface area (Å²) < 4.78 is 0. The molecule has 4 heteroatoms. The highest BCUT2D eigenvalue weighted by atomic mass is 35.5. The molecule has 0 fully saturated rings. The maximum Gasteiger partial charge on any atom is 0.0991 e. The van der Waals surface area contributed by atoms with Crippen LogP contribution in [0, 0.1) is 11.3 Å². The minimum atomic E-state index is -0.135. The number of nitrogens with two attached hydrogens (primary N) is 1. The SMILES string of the molecule is Cl.N#Cc1cccc([C@@H](N)c2ccsc2)c1. The van der Waals surface area contributed by atoms with Gasteiger partial charge in [0.25, 0.3) is 0 Å². The van der Waals surface area contributed by atoms with E-state index in [0.717, 1.165) is 11.1 Å². The van der Waals surface area contributed by atoms with Crippen molar-refractivity contribution in [2.45, 2.75) is 6.04 Å². The molecular weight excluding hydrogens is 240 g/mol. The predicted molar refractivity (Wildman–Crippen MR) is 68.8 cm³/mol. The Morgan fingerprint density at radius 3 is 2.69 bits per heavy atom. The summed E-state index contributed by atoms with van der Waals surface area (Å²) in [6.07, 6.45) is 0. The van der Waals surface area contributed by atoms with Gasteiger partial charge in [0.15, 0.2) is 0 Å².